The molecule has 140 valence electrons. The highest BCUT2D eigenvalue weighted by atomic mass is 32.1. The normalized spacial score (nSPS) is 22.3. The van der Waals surface area contributed by atoms with Gasteiger partial charge in [-0.15, -0.1) is 0 Å². The number of hydrogen-bond donors (Lipinski definition) is 1. The van der Waals surface area contributed by atoms with Gasteiger partial charge >= 0.3 is 0 Å². The number of benzene rings is 1. The maximum atomic E-state index is 13.4. The first-order valence-corrected chi connectivity index (χ1v) is 10.6. The highest BCUT2D eigenvalue weighted by Gasteiger charge is 2.28. The van der Waals surface area contributed by atoms with Crippen molar-refractivity contribution in [2.75, 3.05) is 18.0 Å². The highest BCUT2D eigenvalue weighted by molar-refractivity contribution is 7.22. The lowest BCUT2D eigenvalue weighted by atomic mass is 9.96. The summed E-state index contributed by atoms with van der Waals surface area (Å²) in [4.78, 5) is 19.6. The minimum absolute atomic E-state index is 0.0238. The maximum absolute atomic E-state index is 13.4. The number of carbonyl (C=O) groups excluding carboxylic acids is 1. The largest absolute Gasteiger partial charge is 0.353 e. The molecule has 2 heterocycles. The molecule has 1 saturated heterocycles. The Bertz CT molecular complexity index is 770. The number of halogens is 1. The van der Waals surface area contributed by atoms with Crippen molar-refractivity contribution >= 4 is 32.6 Å². The van der Waals surface area contributed by atoms with Crippen molar-refractivity contribution in [3.63, 3.8) is 0 Å². The molecule has 1 amide bonds. The van der Waals surface area contributed by atoms with Crippen molar-refractivity contribution in [2.45, 2.75) is 57.4 Å². The van der Waals surface area contributed by atoms with E-state index in [-0.39, 0.29) is 17.6 Å². The average molecular weight is 376 g/mol. The minimum atomic E-state index is -0.230. The summed E-state index contributed by atoms with van der Waals surface area (Å²) in [5.74, 6) is -0.00324. The van der Waals surface area contributed by atoms with E-state index in [9.17, 15) is 9.18 Å². The van der Waals surface area contributed by atoms with Crippen molar-refractivity contribution in [1.29, 1.82) is 0 Å². The summed E-state index contributed by atoms with van der Waals surface area (Å²) in [6, 6.07) is 5.07. The summed E-state index contributed by atoms with van der Waals surface area (Å²) in [7, 11) is 0. The number of rotatable bonds is 3. The van der Waals surface area contributed by atoms with E-state index in [2.05, 4.69) is 15.2 Å². The van der Waals surface area contributed by atoms with Gasteiger partial charge in [0.1, 0.15) is 5.82 Å². The van der Waals surface area contributed by atoms with Crippen LogP contribution in [0.4, 0.5) is 9.52 Å². The molecular formula is C20H26FN3OS. The third kappa shape index (κ3) is 4.00. The first kappa shape index (κ1) is 17.7. The van der Waals surface area contributed by atoms with Crippen LogP contribution in [0.2, 0.25) is 0 Å². The zero-order valence-electron chi connectivity index (χ0n) is 15.0. The Kier molecular flexibility index (Phi) is 5.38. The second-order valence-corrected chi connectivity index (χ2v) is 8.60. The zero-order chi connectivity index (χ0) is 17.9. The Balaban J connectivity index is 1.41. The molecule has 1 N–H and O–H groups in total. The first-order chi connectivity index (χ1) is 12.7. The van der Waals surface area contributed by atoms with E-state index in [1.807, 2.05) is 0 Å². The van der Waals surface area contributed by atoms with E-state index in [1.54, 1.807) is 6.07 Å². The van der Waals surface area contributed by atoms with Crippen molar-refractivity contribution in [3.8, 4) is 0 Å². The molecule has 2 fully saturated rings. The van der Waals surface area contributed by atoms with Crippen LogP contribution >= 0.6 is 11.3 Å². The predicted molar refractivity (Wildman–Crippen MR) is 104 cm³/mol. The summed E-state index contributed by atoms with van der Waals surface area (Å²) in [6.45, 7) is 1.62. The maximum Gasteiger partial charge on any atom is 0.225 e. The van der Waals surface area contributed by atoms with Gasteiger partial charge in [0.2, 0.25) is 5.91 Å². The molecule has 1 saturated carbocycles. The predicted octanol–water partition coefficient (Wildman–Crippen LogP) is 4.49. The first-order valence-electron chi connectivity index (χ1n) is 9.80. The molecular weight excluding hydrogens is 349 g/mol. The Morgan fingerprint density at radius 2 is 1.96 bits per heavy atom. The smallest absolute Gasteiger partial charge is 0.225 e. The molecule has 1 atom stereocenters. The van der Waals surface area contributed by atoms with Gasteiger partial charge in [0.05, 0.1) is 16.1 Å². The van der Waals surface area contributed by atoms with Crippen molar-refractivity contribution < 1.29 is 9.18 Å². The lowest BCUT2D eigenvalue weighted by Gasteiger charge is -2.32. The molecule has 2 aromatic rings. The molecule has 4 rings (SSSR count). The minimum Gasteiger partial charge on any atom is -0.353 e. The van der Waals surface area contributed by atoms with Gasteiger partial charge in [0.15, 0.2) is 5.13 Å². The number of fused-ring (bicyclic) bond motifs is 1. The van der Waals surface area contributed by atoms with Gasteiger partial charge in [-0.3, -0.25) is 4.79 Å². The molecule has 1 aliphatic carbocycles. The van der Waals surface area contributed by atoms with Crippen LogP contribution < -0.4 is 10.2 Å². The lowest BCUT2D eigenvalue weighted by Crippen LogP contribution is -2.46. The number of piperidine rings is 1. The van der Waals surface area contributed by atoms with E-state index in [1.165, 1.54) is 49.2 Å². The number of aromatic nitrogens is 1. The van der Waals surface area contributed by atoms with Gasteiger partial charge in [0, 0.05) is 19.1 Å². The Labute approximate surface area is 157 Å². The number of amides is 1. The highest BCUT2D eigenvalue weighted by Crippen LogP contribution is 2.32. The number of hydrogen-bond acceptors (Lipinski definition) is 4. The van der Waals surface area contributed by atoms with E-state index in [4.69, 9.17) is 0 Å². The van der Waals surface area contributed by atoms with Crippen LogP contribution in [-0.4, -0.2) is 30.0 Å². The molecule has 1 aromatic carbocycles. The molecule has 1 unspecified atom stereocenters. The molecule has 1 aromatic heterocycles. The van der Waals surface area contributed by atoms with Gasteiger partial charge < -0.3 is 10.2 Å². The molecule has 4 nitrogen and oxygen atoms in total. The molecule has 26 heavy (non-hydrogen) atoms. The lowest BCUT2D eigenvalue weighted by molar-refractivity contribution is -0.126. The fourth-order valence-electron chi connectivity index (χ4n) is 4.13. The van der Waals surface area contributed by atoms with E-state index < -0.39 is 0 Å². The molecule has 0 radical (unpaired) electrons. The second kappa shape index (κ2) is 7.91. The van der Waals surface area contributed by atoms with Crippen LogP contribution in [0.15, 0.2) is 18.2 Å². The van der Waals surface area contributed by atoms with Crippen LogP contribution in [0.5, 0.6) is 0 Å². The quantitative estimate of drug-likeness (QED) is 0.804. The molecule has 6 heteroatoms. The van der Waals surface area contributed by atoms with Crippen molar-refractivity contribution in [3.05, 3.63) is 24.0 Å². The van der Waals surface area contributed by atoms with Crippen molar-refractivity contribution in [1.82, 2.24) is 10.3 Å². The second-order valence-electron chi connectivity index (χ2n) is 7.59. The Hall–Kier alpha value is -1.69. The van der Waals surface area contributed by atoms with E-state index in [0.717, 1.165) is 47.6 Å². The third-order valence-electron chi connectivity index (χ3n) is 5.60. The number of nitrogens with one attached hydrogen (secondary N) is 1. The number of nitrogens with zero attached hydrogens (tertiary/aromatic N) is 2. The monoisotopic (exact) mass is 375 g/mol. The standard InChI is InChI=1S/C20H26FN3OS/c21-15-9-10-17-18(12-15)26-20(23-17)24-11-5-6-14(13-24)19(25)22-16-7-3-1-2-4-8-16/h9-10,12,14,16H,1-8,11,13H2,(H,22,25). The molecule has 2 aliphatic rings. The molecule has 0 spiro atoms. The third-order valence-corrected chi connectivity index (χ3v) is 6.68. The topological polar surface area (TPSA) is 45.2 Å². The average Bonchev–Trinajstić information content (AvgIpc) is 2.90. The Morgan fingerprint density at radius 1 is 1.15 bits per heavy atom. The van der Waals surface area contributed by atoms with Crippen LogP contribution in [0.3, 0.4) is 0 Å². The van der Waals surface area contributed by atoms with E-state index in [0.29, 0.717) is 12.6 Å². The Morgan fingerprint density at radius 3 is 2.77 bits per heavy atom. The number of anilines is 1. The van der Waals surface area contributed by atoms with Gasteiger partial charge in [-0.25, -0.2) is 9.37 Å². The fourth-order valence-corrected chi connectivity index (χ4v) is 5.15. The van der Waals surface area contributed by atoms with Gasteiger partial charge in [0.25, 0.3) is 0 Å². The van der Waals surface area contributed by atoms with E-state index >= 15 is 0 Å². The van der Waals surface area contributed by atoms with Gasteiger partial charge in [-0.2, -0.15) is 0 Å². The summed E-state index contributed by atoms with van der Waals surface area (Å²) in [5, 5.41) is 4.20. The van der Waals surface area contributed by atoms with Crippen LogP contribution in [0, 0.1) is 11.7 Å². The van der Waals surface area contributed by atoms with Crippen molar-refractivity contribution in [2.24, 2.45) is 5.92 Å². The summed E-state index contributed by atoms with van der Waals surface area (Å²) < 4.78 is 14.3. The zero-order valence-corrected chi connectivity index (χ0v) is 15.9. The van der Waals surface area contributed by atoms with Gasteiger partial charge in [-0.1, -0.05) is 37.0 Å². The SMILES string of the molecule is O=C(NC1CCCCCC1)C1CCCN(c2nc3ccc(F)cc3s2)C1. The number of thiazole rings is 1. The number of carbonyl (C=O) groups is 1. The summed E-state index contributed by atoms with van der Waals surface area (Å²) >= 11 is 1.51. The fraction of sp³-hybridized carbons (Fsp3) is 0.600. The van der Waals surface area contributed by atoms with Crippen LogP contribution in [0.1, 0.15) is 51.4 Å². The molecule has 0 bridgehead atoms. The molecule has 1 aliphatic heterocycles. The summed E-state index contributed by atoms with van der Waals surface area (Å²) in [5.41, 5.74) is 0.830. The summed E-state index contributed by atoms with van der Waals surface area (Å²) in [6.07, 6.45) is 9.20. The van der Waals surface area contributed by atoms with Crippen LogP contribution in [0.25, 0.3) is 10.2 Å². The van der Waals surface area contributed by atoms with Crippen LogP contribution in [-0.2, 0) is 4.79 Å². The van der Waals surface area contributed by atoms with Gasteiger partial charge in [-0.05, 0) is 43.9 Å².